The van der Waals surface area contributed by atoms with Crippen molar-refractivity contribution in [3.8, 4) is 5.75 Å². The van der Waals surface area contributed by atoms with E-state index in [1.807, 2.05) is 30.3 Å². The van der Waals surface area contributed by atoms with Gasteiger partial charge in [0.1, 0.15) is 5.75 Å². The van der Waals surface area contributed by atoms with E-state index in [1.54, 1.807) is 49.4 Å². The number of likely N-dealkylation sites (tertiary alicyclic amines) is 1. The van der Waals surface area contributed by atoms with Crippen LogP contribution < -0.4 is 4.74 Å². The Bertz CT molecular complexity index is 1110. The number of rotatable bonds is 5. The molecule has 32 heavy (non-hydrogen) atoms. The molecule has 0 aliphatic carbocycles. The predicted octanol–water partition coefficient (Wildman–Crippen LogP) is 4.55. The third-order valence-electron chi connectivity index (χ3n) is 5.80. The molecule has 1 aliphatic rings. The molecule has 0 unspecified atom stereocenters. The zero-order chi connectivity index (χ0) is 22.6. The molecule has 7 nitrogen and oxygen atoms in total. The van der Waals surface area contributed by atoms with Crippen LogP contribution in [0.15, 0.2) is 60.8 Å². The minimum atomic E-state index is -0.984. The normalized spacial score (nSPS) is 15.2. The monoisotopic (exact) mass is 434 g/mol. The highest BCUT2D eigenvalue weighted by atomic mass is 16.6. The zero-order valence-corrected chi connectivity index (χ0v) is 18.2. The van der Waals surface area contributed by atoms with Crippen LogP contribution in [0.2, 0.25) is 0 Å². The molecule has 2 aromatic carbocycles. The molecule has 0 saturated carbocycles. The second-order valence-corrected chi connectivity index (χ2v) is 7.68. The lowest BCUT2D eigenvalue weighted by molar-refractivity contribution is -0.0549. The third kappa shape index (κ3) is 4.23. The summed E-state index contributed by atoms with van der Waals surface area (Å²) in [5, 5.41) is 1.83. The molecule has 1 fully saturated rings. The lowest BCUT2D eigenvalue weighted by atomic mass is 9.85. The molecule has 7 heteroatoms. The Hall–Kier alpha value is -3.61. The number of methoxy groups -OCH3 is 1. The van der Waals surface area contributed by atoms with E-state index in [-0.39, 0.29) is 6.09 Å². The Morgan fingerprint density at radius 2 is 1.81 bits per heavy atom. The van der Waals surface area contributed by atoms with Crippen LogP contribution in [0.4, 0.5) is 4.79 Å². The maximum atomic E-state index is 13.1. The van der Waals surface area contributed by atoms with Gasteiger partial charge in [-0.2, -0.15) is 0 Å². The Balaban J connectivity index is 1.74. The number of pyridine rings is 1. The number of fused-ring (bicyclic) bond motifs is 1. The second-order valence-electron chi connectivity index (χ2n) is 7.68. The van der Waals surface area contributed by atoms with Crippen LogP contribution in [-0.4, -0.2) is 48.8 Å². The van der Waals surface area contributed by atoms with E-state index in [0.717, 1.165) is 10.8 Å². The lowest BCUT2D eigenvalue weighted by Gasteiger charge is -2.40. The Morgan fingerprint density at radius 1 is 1.06 bits per heavy atom. The number of benzene rings is 2. The van der Waals surface area contributed by atoms with Gasteiger partial charge in [0.25, 0.3) is 0 Å². The summed E-state index contributed by atoms with van der Waals surface area (Å²) in [6.45, 7) is 2.88. The lowest BCUT2D eigenvalue weighted by Crippen LogP contribution is -2.48. The van der Waals surface area contributed by atoms with Crippen LogP contribution in [0.1, 0.15) is 35.8 Å². The minimum Gasteiger partial charge on any atom is -0.497 e. The van der Waals surface area contributed by atoms with Crippen LogP contribution in [0.5, 0.6) is 5.75 Å². The molecule has 1 aromatic heterocycles. The molecule has 0 bridgehead atoms. The van der Waals surface area contributed by atoms with Gasteiger partial charge >= 0.3 is 12.1 Å². The number of carbonyl (C=O) groups is 2. The van der Waals surface area contributed by atoms with Crippen molar-refractivity contribution in [1.29, 1.82) is 0 Å². The average Bonchev–Trinajstić information content (AvgIpc) is 2.84. The maximum Gasteiger partial charge on any atom is 0.409 e. The molecule has 166 valence electrons. The van der Waals surface area contributed by atoms with Crippen molar-refractivity contribution in [2.24, 2.45) is 0 Å². The topological polar surface area (TPSA) is 78.0 Å². The van der Waals surface area contributed by atoms with Crippen LogP contribution in [0.25, 0.3) is 10.8 Å². The fourth-order valence-corrected chi connectivity index (χ4v) is 4.10. The average molecular weight is 434 g/mol. The quantitative estimate of drug-likeness (QED) is 0.549. The second kappa shape index (κ2) is 9.26. The van der Waals surface area contributed by atoms with Gasteiger partial charge in [-0.1, -0.05) is 24.3 Å². The molecule has 0 spiro atoms. The van der Waals surface area contributed by atoms with Crippen molar-refractivity contribution in [2.45, 2.75) is 25.4 Å². The van der Waals surface area contributed by atoms with Gasteiger partial charge in [0.15, 0.2) is 5.60 Å². The van der Waals surface area contributed by atoms with Gasteiger partial charge < -0.3 is 19.1 Å². The predicted molar refractivity (Wildman–Crippen MR) is 120 cm³/mol. The van der Waals surface area contributed by atoms with E-state index in [9.17, 15) is 9.59 Å². The first-order valence-electron chi connectivity index (χ1n) is 10.7. The van der Waals surface area contributed by atoms with Crippen molar-refractivity contribution in [3.05, 3.63) is 72.1 Å². The molecular formula is C25H26N2O5. The van der Waals surface area contributed by atoms with Crippen LogP contribution in [0, 0.1) is 0 Å². The molecule has 4 rings (SSSR count). The smallest absolute Gasteiger partial charge is 0.409 e. The van der Waals surface area contributed by atoms with Gasteiger partial charge in [0.2, 0.25) is 0 Å². The van der Waals surface area contributed by atoms with E-state index in [1.165, 1.54) is 0 Å². The summed E-state index contributed by atoms with van der Waals surface area (Å²) in [6.07, 6.45) is 2.18. The Kier molecular flexibility index (Phi) is 6.25. The van der Waals surface area contributed by atoms with Gasteiger partial charge in [-0.05, 0) is 42.6 Å². The van der Waals surface area contributed by atoms with Gasteiger partial charge in [0.05, 0.1) is 25.0 Å². The van der Waals surface area contributed by atoms with E-state index < -0.39 is 11.6 Å². The first-order chi connectivity index (χ1) is 15.6. The summed E-state index contributed by atoms with van der Waals surface area (Å²) in [4.78, 5) is 31.6. The molecule has 3 aromatic rings. The summed E-state index contributed by atoms with van der Waals surface area (Å²) in [7, 11) is 1.61. The number of hydrogen-bond acceptors (Lipinski definition) is 6. The van der Waals surface area contributed by atoms with Gasteiger partial charge in [-0.15, -0.1) is 0 Å². The largest absolute Gasteiger partial charge is 0.497 e. The Labute approximate surface area is 186 Å². The number of carbonyl (C=O) groups excluding carboxylic acids is 2. The summed E-state index contributed by atoms with van der Waals surface area (Å²) in [6, 6.07) is 16.6. The van der Waals surface area contributed by atoms with Crippen molar-refractivity contribution < 1.29 is 23.8 Å². The van der Waals surface area contributed by atoms with Crippen LogP contribution in [-0.2, 0) is 15.1 Å². The highest BCUT2D eigenvalue weighted by Crippen LogP contribution is 2.40. The highest BCUT2D eigenvalue weighted by Gasteiger charge is 2.43. The SMILES string of the molecule is CCOC(=O)N1CCC(OC(=O)c2ccccc2)(c2nccc3ccc(OC)cc23)CC1. The zero-order valence-electron chi connectivity index (χ0n) is 18.2. The van der Waals surface area contributed by atoms with Crippen molar-refractivity contribution in [2.75, 3.05) is 26.8 Å². The number of piperidine rings is 1. The fraction of sp³-hybridized carbons (Fsp3) is 0.320. The number of nitrogens with zero attached hydrogens (tertiary/aromatic N) is 2. The molecule has 0 radical (unpaired) electrons. The van der Waals surface area contributed by atoms with E-state index in [4.69, 9.17) is 14.2 Å². The molecule has 1 amide bonds. The number of hydrogen-bond donors (Lipinski definition) is 0. The van der Waals surface area contributed by atoms with E-state index >= 15 is 0 Å². The summed E-state index contributed by atoms with van der Waals surface area (Å²) >= 11 is 0. The van der Waals surface area contributed by atoms with Gasteiger partial charge in [-0.25, -0.2) is 9.59 Å². The molecule has 0 atom stereocenters. The molecule has 1 saturated heterocycles. The Morgan fingerprint density at radius 3 is 2.50 bits per heavy atom. The number of ether oxygens (including phenoxy) is 3. The molecular weight excluding hydrogens is 408 g/mol. The van der Waals surface area contributed by atoms with Crippen LogP contribution in [0.3, 0.4) is 0 Å². The standard InChI is InChI=1S/C25H26N2O5/c1-3-31-24(29)27-15-12-25(13-16-27,32-23(28)19-7-5-4-6-8-19)22-21-17-20(30-2)10-9-18(21)11-14-26-22/h4-11,14,17H,3,12-13,15-16H2,1-2H3. The van der Waals surface area contributed by atoms with E-state index in [2.05, 4.69) is 4.98 Å². The molecule has 2 heterocycles. The van der Waals surface area contributed by atoms with E-state index in [0.29, 0.717) is 49.5 Å². The summed E-state index contributed by atoms with van der Waals surface area (Å²) < 4.78 is 16.8. The minimum absolute atomic E-state index is 0.314. The van der Waals surface area contributed by atoms with Crippen molar-refractivity contribution in [3.63, 3.8) is 0 Å². The van der Waals surface area contributed by atoms with Crippen LogP contribution >= 0.6 is 0 Å². The maximum absolute atomic E-state index is 13.1. The summed E-state index contributed by atoms with van der Waals surface area (Å²) in [5.41, 5.74) is 0.154. The number of aromatic nitrogens is 1. The number of esters is 1. The highest BCUT2D eigenvalue weighted by molar-refractivity contribution is 5.91. The first-order valence-corrected chi connectivity index (χ1v) is 10.7. The first kappa shape index (κ1) is 21.6. The fourth-order valence-electron chi connectivity index (χ4n) is 4.10. The molecule has 1 aliphatic heterocycles. The summed E-state index contributed by atoms with van der Waals surface area (Å²) in [5.74, 6) is 0.275. The number of amides is 1. The van der Waals surface area contributed by atoms with Crippen molar-refractivity contribution in [1.82, 2.24) is 9.88 Å². The van der Waals surface area contributed by atoms with Gasteiger partial charge in [0, 0.05) is 37.5 Å². The van der Waals surface area contributed by atoms with Crippen molar-refractivity contribution >= 4 is 22.8 Å². The van der Waals surface area contributed by atoms with Gasteiger partial charge in [-0.3, -0.25) is 4.98 Å². The third-order valence-corrected chi connectivity index (χ3v) is 5.80. The molecule has 0 N–H and O–H groups in total.